The first kappa shape index (κ1) is 24.3. The van der Waals surface area contributed by atoms with E-state index in [0.717, 1.165) is 0 Å². The molecule has 0 aromatic heterocycles. The molecule has 2 atom stereocenters. The molecule has 0 heterocycles. The van der Waals surface area contributed by atoms with Gasteiger partial charge < -0.3 is 0 Å². The Morgan fingerprint density at radius 2 is 1.75 bits per heavy atom. The van der Waals surface area contributed by atoms with Gasteiger partial charge in [-0.2, -0.15) is 0 Å². The van der Waals surface area contributed by atoms with E-state index in [0.29, 0.717) is 17.3 Å². The molecule has 0 amide bonds. The minimum absolute atomic E-state index is 0. The number of hydrogen-bond acceptors (Lipinski definition) is 0. The zero-order valence-electron chi connectivity index (χ0n) is 13.5. The Labute approximate surface area is 130 Å². The van der Waals surface area contributed by atoms with Crippen molar-refractivity contribution in [3.05, 3.63) is 36.0 Å². The third-order valence-corrected chi connectivity index (χ3v) is 3.85. The lowest BCUT2D eigenvalue weighted by Gasteiger charge is -2.33. The topological polar surface area (TPSA) is 0 Å². The van der Waals surface area contributed by atoms with Crippen molar-refractivity contribution in [2.24, 2.45) is 17.3 Å². The van der Waals surface area contributed by atoms with Gasteiger partial charge in [-0.25, -0.2) is 0 Å². The summed E-state index contributed by atoms with van der Waals surface area (Å²) >= 11 is 0. The second kappa shape index (κ2) is 12.0. The summed E-state index contributed by atoms with van der Waals surface area (Å²) in [7, 11) is 0. The van der Waals surface area contributed by atoms with E-state index in [-0.39, 0.29) is 14.9 Å². The van der Waals surface area contributed by atoms with Crippen LogP contribution in [0.25, 0.3) is 0 Å². The van der Waals surface area contributed by atoms with Crippen molar-refractivity contribution in [2.45, 2.75) is 76.2 Å². The number of rotatable bonds is 4. The molecule has 0 saturated carbocycles. The molecular formula is C20H40. The molecule has 1 rings (SSSR count). The SMILES string of the molecule is C.C.C/C=C\C1C(C)=CC=CC1CC(C)(C)CC.CC. The highest BCUT2D eigenvalue weighted by atomic mass is 14.3. The van der Waals surface area contributed by atoms with E-state index in [9.17, 15) is 0 Å². The number of hydrogen-bond donors (Lipinski definition) is 0. The first-order valence-corrected chi connectivity index (χ1v) is 7.48. The fraction of sp³-hybridized carbons (Fsp3) is 0.700. The summed E-state index contributed by atoms with van der Waals surface area (Å²) in [6.45, 7) is 15.4. The van der Waals surface area contributed by atoms with Crippen molar-refractivity contribution < 1.29 is 0 Å². The van der Waals surface area contributed by atoms with Crippen LogP contribution in [0.15, 0.2) is 36.0 Å². The molecule has 0 spiro atoms. The van der Waals surface area contributed by atoms with E-state index in [1.807, 2.05) is 13.8 Å². The molecule has 0 heteroatoms. The molecule has 0 aromatic rings. The summed E-state index contributed by atoms with van der Waals surface area (Å²) < 4.78 is 0. The van der Waals surface area contributed by atoms with Gasteiger partial charge in [-0.15, -0.1) is 0 Å². The normalized spacial score (nSPS) is 21.2. The molecule has 0 bridgehead atoms. The molecule has 2 unspecified atom stereocenters. The van der Waals surface area contributed by atoms with E-state index in [1.165, 1.54) is 18.4 Å². The van der Waals surface area contributed by atoms with Crippen LogP contribution in [-0.2, 0) is 0 Å². The second-order valence-corrected chi connectivity index (χ2v) is 5.73. The molecule has 0 aromatic carbocycles. The molecule has 0 fully saturated rings. The second-order valence-electron chi connectivity index (χ2n) is 5.73. The maximum absolute atomic E-state index is 2.38. The lowest BCUT2D eigenvalue weighted by atomic mass is 9.72. The zero-order valence-corrected chi connectivity index (χ0v) is 13.5. The van der Waals surface area contributed by atoms with Crippen molar-refractivity contribution in [2.75, 3.05) is 0 Å². The van der Waals surface area contributed by atoms with Crippen LogP contribution < -0.4 is 0 Å². The molecule has 1 aliphatic rings. The standard InChI is InChI=1S/C16H26.C2H6.2CH4/c1-6-9-15-13(3)10-8-11-14(15)12-16(4,5)7-2;1-2;;/h6,8-11,14-15H,7,12H2,1-5H3;1-2H3;2*1H4/b9-6-;;;. The Balaban J connectivity index is -0.000000689. The minimum atomic E-state index is 0. The van der Waals surface area contributed by atoms with Crippen molar-refractivity contribution in [1.29, 1.82) is 0 Å². The van der Waals surface area contributed by atoms with Gasteiger partial charge in [0.15, 0.2) is 0 Å². The van der Waals surface area contributed by atoms with Gasteiger partial charge >= 0.3 is 0 Å². The molecule has 0 nitrogen and oxygen atoms in total. The molecule has 120 valence electrons. The number of allylic oxidation sites excluding steroid dienone is 6. The van der Waals surface area contributed by atoms with Crippen LogP contribution in [0.5, 0.6) is 0 Å². The molecule has 0 radical (unpaired) electrons. The van der Waals surface area contributed by atoms with Gasteiger partial charge in [0.05, 0.1) is 0 Å². The van der Waals surface area contributed by atoms with E-state index in [1.54, 1.807) is 0 Å². The van der Waals surface area contributed by atoms with Gasteiger partial charge in [0, 0.05) is 5.92 Å². The Kier molecular flexibility index (Phi) is 14.5. The molecule has 0 saturated heterocycles. The largest absolute Gasteiger partial charge is 0.0910 e. The van der Waals surface area contributed by atoms with E-state index >= 15 is 0 Å². The van der Waals surface area contributed by atoms with Crippen LogP contribution in [0.4, 0.5) is 0 Å². The predicted octanol–water partition coefficient (Wildman–Crippen LogP) is 7.44. The Hall–Kier alpha value is -0.780. The smallest absolute Gasteiger partial charge is 0.00401 e. The highest BCUT2D eigenvalue weighted by molar-refractivity contribution is 5.25. The average molecular weight is 281 g/mol. The third-order valence-electron chi connectivity index (χ3n) is 3.85. The third kappa shape index (κ3) is 7.72. The van der Waals surface area contributed by atoms with Crippen molar-refractivity contribution in [3.8, 4) is 0 Å². The molecule has 20 heavy (non-hydrogen) atoms. The van der Waals surface area contributed by atoms with E-state index in [2.05, 4.69) is 65.0 Å². The first-order valence-electron chi connectivity index (χ1n) is 7.48. The first-order chi connectivity index (χ1) is 8.50. The van der Waals surface area contributed by atoms with Crippen LogP contribution >= 0.6 is 0 Å². The van der Waals surface area contributed by atoms with E-state index in [4.69, 9.17) is 0 Å². The Morgan fingerprint density at radius 1 is 1.20 bits per heavy atom. The predicted molar refractivity (Wildman–Crippen MR) is 98.2 cm³/mol. The van der Waals surface area contributed by atoms with E-state index < -0.39 is 0 Å². The van der Waals surface area contributed by atoms with Gasteiger partial charge in [-0.3, -0.25) is 0 Å². The summed E-state index contributed by atoms with van der Waals surface area (Å²) in [6.07, 6.45) is 13.9. The van der Waals surface area contributed by atoms with Crippen molar-refractivity contribution in [1.82, 2.24) is 0 Å². The fourth-order valence-corrected chi connectivity index (χ4v) is 2.40. The summed E-state index contributed by atoms with van der Waals surface area (Å²) in [4.78, 5) is 0. The summed E-state index contributed by atoms with van der Waals surface area (Å²) in [5.74, 6) is 1.29. The van der Waals surface area contributed by atoms with Crippen LogP contribution in [-0.4, -0.2) is 0 Å². The summed E-state index contributed by atoms with van der Waals surface area (Å²) in [5.41, 5.74) is 1.95. The van der Waals surface area contributed by atoms with Crippen LogP contribution in [0.3, 0.4) is 0 Å². The van der Waals surface area contributed by atoms with Crippen LogP contribution in [0, 0.1) is 17.3 Å². The average Bonchev–Trinajstić information content (AvgIpc) is 2.36. The quantitative estimate of drug-likeness (QED) is 0.469. The molecule has 1 aliphatic carbocycles. The Morgan fingerprint density at radius 3 is 2.20 bits per heavy atom. The maximum atomic E-state index is 2.38. The van der Waals surface area contributed by atoms with Gasteiger partial charge in [0.2, 0.25) is 0 Å². The van der Waals surface area contributed by atoms with Gasteiger partial charge in [-0.05, 0) is 31.6 Å². The fourth-order valence-electron chi connectivity index (χ4n) is 2.40. The monoisotopic (exact) mass is 280 g/mol. The summed E-state index contributed by atoms with van der Waals surface area (Å²) in [6, 6.07) is 0. The zero-order chi connectivity index (χ0) is 14.2. The molecule has 0 aliphatic heterocycles. The molecular weight excluding hydrogens is 240 g/mol. The highest BCUT2D eigenvalue weighted by Crippen LogP contribution is 2.37. The van der Waals surface area contributed by atoms with Crippen molar-refractivity contribution in [3.63, 3.8) is 0 Å². The summed E-state index contributed by atoms with van der Waals surface area (Å²) in [5, 5.41) is 0. The maximum Gasteiger partial charge on any atom is 0.00401 e. The minimum Gasteiger partial charge on any atom is -0.0910 e. The Bertz CT molecular complexity index is 302. The van der Waals surface area contributed by atoms with Crippen LogP contribution in [0.1, 0.15) is 76.2 Å². The lowest BCUT2D eigenvalue weighted by molar-refractivity contribution is 0.262. The van der Waals surface area contributed by atoms with Crippen LogP contribution in [0.2, 0.25) is 0 Å². The van der Waals surface area contributed by atoms with Gasteiger partial charge in [0.25, 0.3) is 0 Å². The molecule has 0 N–H and O–H groups in total. The van der Waals surface area contributed by atoms with Gasteiger partial charge in [0.1, 0.15) is 0 Å². The van der Waals surface area contributed by atoms with Gasteiger partial charge in [-0.1, -0.05) is 91.8 Å². The van der Waals surface area contributed by atoms with Crippen molar-refractivity contribution >= 4 is 0 Å². The lowest BCUT2D eigenvalue weighted by Crippen LogP contribution is -2.22. The highest BCUT2D eigenvalue weighted by Gasteiger charge is 2.26.